The third-order valence-corrected chi connectivity index (χ3v) is 5.09. The maximum absolute atomic E-state index is 4.33. The molecule has 1 atom stereocenters. The second kappa shape index (κ2) is 5.00. The van der Waals surface area contributed by atoms with Crippen molar-refractivity contribution in [2.24, 2.45) is 0 Å². The average Bonchev–Trinajstić information content (AvgIpc) is 3.07. The van der Waals surface area contributed by atoms with Gasteiger partial charge in [0.1, 0.15) is 6.33 Å². The fraction of sp³-hybridized carbons (Fsp3) is 0.333. The van der Waals surface area contributed by atoms with Crippen LogP contribution in [-0.2, 0) is 12.8 Å². The van der Waals surface area contributed by atoms with Crippen LogP contribution in [0.2, 0.25) is 0 Å². The molecule has 3 aromatic rings. The Bertz CT molecular complexity index is 716. The second-order valence-electron chi connectivity index (χ2n) is 5.15. The van der Waals surface area contributed by atoms with E-state index in [0.29, 0.717) is 6.04 Å². The number of thiazole rings is 1. The van der Waals surface area contributed by atoms with E-state index in [4.69, 9.17) is 0 Å². The number of aryl methyl sites for hydroxylation is 1. The number of rotatable bonds is 3. The molecule has 0 saturated carbocycles. The molecule has 0 spiro atoms. The van der Waals surface area contributed by atoms with Gasteiger partial charge < -0.3 is 5.32 Å². The lowest BCUT2D eigenvalue weighted by Gasteiger charge is -2.23. The van der Waals surface area contributed by atoms with Crippen LogP contribution >= 0.6 is 11.3 Å². The van der Waals surface area contributed by atoms with E-state index in [-0.39, 0.29) is 0 Å². The Morgan fingerprint density at radius 1 is 1.30 bits per heavy atom. The first-order chi connectivity index (χ1) is 9.92. The Kier molecular flexibility index (Phi) is 3.01. The lowest BCUT2D eigenvalue weighted by Crippen LogP contribution is -2.29. The van der Waals surface area contributed by atoms with Crippen LogP contribution in [-0.4, -0.2) is 21.1 Å². The monoisotopic (exact) mass is 284 g/mol. The number of fused-ring (bicyclic) bond motifs is 3. The van der Waals surface area contributed by atoms with Gasteiger partial charge in [0.05, 0.1) is 5.69 Å². The minimum absolute atomic E-state index is 0.437. The summed E-state index contributed by atoms with van der Waals surface area (Å²) in [6, 6.07) is 11.1. The first-order valence-corrected chi connectivity index (χ1v) is 7.82. The molecule has 2 aromatic heterocycles. The van der Waals surface area contributed by atoms with Crippen LogP contribution in [0.25, 0.3) is 4.96 Å². The van der Waals surface area contributed by atoms with Gasteiger partial charge in [-0.25, -0.2) is 9.50 Å². The van der Waals surface area contributed by atoms with Crippen molar-refractivity contribution in [2.45, 2.75) is 25.3 Å². The van der Waals surface area contributed by atoms with Crippen molar-refractivity contribution in [3.63, 3.8) is 0 Å². The first-order valence-electron chi connectivity index (χ1n) is 7.00. The summed E-state index contributed by atoms with van der Waals surface area (Å²) < 4.78 is 2.01. The normalized spacial score (nSPS) is 18.3. The van der Waals surface area contributed by atoms with Gasteiger partial charge in [-0.2, -0.15) is 5.10 Å². The van der Waals surface area contributed by atoms with Gasteiger partial charge in [-0.05, 0) is 18.4 Å². The zero-order valence-corrected chi connectivity index (χ0v) is 11.9. The highest BCUT2D eigenvalue weighted by Crippen LogP contribution is 2.33. The van der Waals surface area contributed by atoms with Crippen LogP contribution in [0, 0.1) is 0 Å². The fourth-order valence-corrected chi connectivity index (χ4v) is 4.09. The predicted molar refractivity (Wildman–Crippen MR) is 80.1 cm³/mol. The van der Waals surface area contributed by atoms with Crippen molar-refractivity contribution < 1.29 is 0 Å². The predicted octanol–water partition coefficient (Wildman–Crippen LogP) is 2.61. The summed E-state index contributed by atoms with van der Waals surface area (Å²) in [5.41, 5.74) is 2.75. The van der Waals surface area contributed by atoms with Crippen molar-refractivity contribution in [1.29, 1.82) is 0 Å². The Labute approximate surface area is 121 Å². The highest BCUT2D eigenvalue weighted by molar-refractivity contribution is 7.17. The highest BCUT2D eigenvalue weighted by atomic mass is 32.1. The van der Waals surface area contributed by atoms with Gasteiger partial charge in [-0.15, -0.1) is 0 Å². The summed E-state index contributed by atoms with van der Waals surface area (Å²) in [4.78, 5) is 6.76. The Morgan fingerprint density at radius 3 is 3.10 bits per heavy atom. The smallest absolute Gasteiger partial charge is 0.212 e. The molecule has 1 N–H and O–H groups in total. The molecule has 0 radical (unpaired) electrons. The van der Waals surface area contributed by atoms with Crippen molar-refractivity contribution in [2.75, 3.05) is 6.54 Å². The van der Waals surface area contributed by atoms with Crippen LogP contribution in [0.1, 0.15) is 28.6 Å². The van der Waals surface area contributed by atoms with E-state index in [9.17, 15) is 0 Å². The molecule has 3 heterocycles. The molecule has 0 aliphatic carbocycles. The number of aromatic nitrogens is 3. The molecule has 1 aliphatic heterocycles. The number of nitrogens with one attached hydrogen (secondary N) is 1. The van der Waals surface area contributed by atoms with Gasteiger partial charge in [-0.3, -0.25) is 0 Å². The number of nitrogens with zero attached hydrogens (tertiary/aromatic N) is 3. The molecule has 4 nitrogen and oxygen atoms in total. The van der Waals surface area contributed by atoms with Gasteiger partial charge in [0, 0.05) is 23.9 Å². The van der Waals surface area contributed by atoms with Crippen LogP contribution in [0.5, 0.6) is 0 Å². The molecule has 0 amide bonds. The Balaban J connectivity index is 1.58. The molecule has 20 heavy (non-hydrogen) atoms. The maximum atomic E-state index is 4.33. The molecular weight excluding hydrogens is 268 g/mol. The third kappa shape index (κ3) is 2.03. The molecule has 4 rings (SSSR count). The fourth-order valence-electron chi connectivity index (χ4n) is 2.89. The van der Waals surface area contributed by atoms with E-state index in [1.54, 1.807) is 17.7 Å². The molecule has 0 fully saturated rings. The standard InChI is InChI=1S/C15H16N4S/c1-2-4-11(5-3-1)6-7-12-14-13(8-9-16-12)19-15(20-14)17-10-18-19/h1-5,10,12,16H,6-9H2. The second-order valence-corrected chi connectivity index (χ2v) is 6.16. The van der Waals surface area contributed by atoms with Crippen molar-refractivity contribution >= 4 is 16.3 Å². The summed E-state index contributed by atoms with van der Waals surface area (Å²) in [7, 11) is 0. The first kappa shape index (κ1) is 12.1. The van der Waals surface area contributed by atoms with Crippen molar-refractivity contribution in [3.8, 4) is 0 Å². The van der Waals surface area contributed by atoms with Gasteiger partial charge in [0.15, 0.2) is 0 Å². The largest absolute Gasteiger partial charge is 0.309 e. The summed E-state index contributed by atoms with van der Waals surface area (Å²) >= 11 is 1.78. The quantitative estimate of drug-likeness (QED) is 0.804. The van der Waals surface area contributed by atoms with Crippen LogP contribution in [0.4, 0.5) is 0 Å². The van der Waals surface area contributed by atoms with E-state index >= 15 is 0 Å². The summed E-state index contributed by atoms with van der Waals surface area (Å²) in [6.07, 6.45) is 4.92. The number of hydrogen-bond donors (Lipinski definition) is 1. The van der Waals surface area contributed by atoms with Gasteiger partial charge in [-0.1, -0.05) is 41.7 Å². The molecule has 1 aromatic carbocycles. The van der Waals surface area contributed by atoms with Crippen LogP contribution < -0.4 is 5.32 Å². The van der Waals surface area contributed by atoms with Crippen molar-refractivity contribution in [3.05, 3.63) is 52.8 Å². The Morgan fingerprint density at radius 2 is 2.20 bits per heavy atom. The van der Waals surface area contributed by atoms with Crippen LogP contribution in [0.15, 0.2) is 36.7 Å². The SMILES string of the molecule is c1ccc(CCC2NCCc3c2sc2ncnn32)cc1. The molecule has 5 heteroatoms. The van der Waals surface area contributed by atoms with Gasteiger partial charge in [0.2, 0.25) is 4.96 Å². The van der Waals surface area contributed by atoms with E-state index in [1.165, 1.54) is 16.1 Å². The molecule has 1 unspecified atom stereocenters. The molecular formula is C15H16N4S. The van der Waals surface area contributed by atoms with Crippen LogP contribution in [0.3, 0.4) is 0 Å². The Hall–Kier alpha value is -1.72. The van der Waals surface area contributed by atoms with Gasteiger partial charge in [0.25, 0.3) is 0 Å². The molecule has 102 valence electrons. The van der Waals surface area contributed by atoms with E-state index in [1.807, 2.05) is 4.52 Å². The minimum atomic E-state index is 0.437. The summed E-state index contributed by atoms with van der Waals surface area (Å²) in [5.74, 6) is 0. The number of hydrogen-bond acceptors (Lipinski definition) is 4. The topological polar surface area (TPSA) is 42.2 Å². The lowest BCUT2D eigenvalue weighted by atomic mass is 10.00. The molecule has 0 bridgehead atoms. The zero-order chi connectivity index (χ0) is 13.4. The zero-order valence-electron chi connectivity index (χ0n) is 11.1. The molecule has 1 aliphatic rings. The number of benzene rings is 1. The average molecular weight is 284 g/mol. The summed E-state index contributed by atoms with van der Waals surface area (Å²) in [6.45, 7) is 1.03. The highest BCUT2D eigenvalue weighted by Gasteiger charge is 2.25. The van der Waals surface area contributed by atoms with E-state index < -0.39 is 0 Å². The molecule has 0 saturated heterocycles. The van der Waals surface area contributed by atoms with E-state index in [2.05, 4.69) is 45.7 Å². The van der Waals surface area contributed by atoms with Gasteiger partial charge >= 0.3 is 0 Å². The lowest BCUT2D eigenvalue weighted by molar-refractivity contribution is 0.475. The summed E-state index contributed by atoms with van der Waals surface area (Å²) in [5, 5.41) is 7.97. The minimum Gasteiger partial charge on any atom is -0.309 e. The maximum Gasteiger partial charge on any atom is 0.212 e. The third-order valence-electron chi connectivity index (χ3n) is 3.89. The van der Waals surface area contributed by atoms with Crippen molar-refractivity contribution in [1.82, 2.24) is 19.9 Å². The van der Waals surface area contributed by atoms with E-state index in [0.717, 1.165) is 30.8 Å².